The maximum Gasteiger partial charge on any atom is 0.265 e. The molecule has 1 atom stereocenters. The molecule has 0 unspecified atom stereocenters. The zero-order valence-corrected chi connectivity index (χ0v) is 13.6. The maximum atomic E-state index is 12.4. The van der Waals surface area contributed by atoms with Crippen molar-refractivity contribution in [3.63, 3.8) is 0 Å². The van der Waals surface area contributed by atoms with Gasteiger partial charge in [0.1, 0.15) is 5.75 Å². The largest absolute Gasteiger partial charge is 0.481 e. The van der Waals surface area contributed by atoms with Crippen molar-refractivity contribution in [3.05, 3.63) is 59.7 Å². The molecule has 1 N–H and O–H groups in total. The maximum absolute atomic E-state index is 12.4. The number of amides is 1. The highest BCUT2D eigenvalue weighted by molar-refractivity contribution is 5.94. The highest BCUT2D eigenvalue weighted by atomic mass is 16.5. The van der Waals surface area contributed by atoms with Crippen LogP contribution in [0.5, 0.6) is 5.75 Å². The third-order valence-electron chi connectivity index (χ3n) is 3.61. The van der Waals surface area contributed by atoms with Crippen LogP contribution < -0.4 is 10.1 Å². The van der Waals surface area contributed by atoms with Crippen molar-refractivity contribution in [1.29, 1.82) is 0 Å². The summed E-state index contributed by atoms with van der Waals surface area (Å²) < 4.78 is 5.77. The number of para-hydroxylation sites is 2. The van der Waals surface area contributed by atoms with Gasteiger partial charge in [0.25, 0.3) is 5.91 Å². The van der Waals surface area contributed by atoms with Gasteiger partial charge in [-0.15, -0.1) is 0 Å². The van der Waals surface area contributed by atoms with Crippen LogP contribution in [-0.2, 0) is 4.79 Å². The summed E-state index contributed by atoms with van der Waals surface area (Å²) in [5.74, 6) is 0.947. The number of aryl methyl sites for hydroxylation is 1. The second-order valence-electron chi connectivity index (χ2n) is 5.76. The van der Waals surface area contributed by atoms with Crippen molar-refractivity contribution in [2.24, 2.45) is 0 Å². The Morgan fingerprint density at radius 2 is 1.64 bits per heavy atom. The smallest absolute Gasteiger partial charge is 0.265 e. The first-order chi connectivity index (χ1) is 10.5. The highest BCUT2D eigenvalue weighted by Crippen LogP contribution is 2.24. The first-order valence-electron chi connectivity index (χ1n) is 7.61. The van der Waals surface area contributed by atoms with Crippen LogP contribution in [0.1, 0.15) is 37.8 Å². The number of rotatable bonds is 5. The van der Waals surface area contributed by atoms with Gasteiger partial charge < -0.3 is 10.1 Å². The van der Waals surface area contributed by atoms with Gasteiger partial charge in [0.05, 0.1) is 0 Å². The Balaban J connectivity index is 2.08. The Kier molecular flexibility index (Phi) is 5.21. The van der Waals surface area contributed by atoms with E-state index in [0.717, 1.165) is 22.6 Å². The SMILES string of the molecule is Cc1ccccc1O[C@H](C)C(=O)Nc1ccccc1C(C)C. The summed E-state index contributed by atoms with van der Waals surface area (Å²) in [7, 11) is 0. The minimum atomic E-state index is -0.554. The number of nitrogens with one attached hydrogen (secondary N) is 1. The summed E-state index contributed by atoms with van der Waals surface area (Å²) in [4.78, 5) is 12.4. The first-order valence-corrected chi connectivity index (χ1v) is 7.61. The lowest BCUT2D eigenvalue weighted by Crippen LogP contribution is -2.30. The number of anilines is 1. The molecule has 0 fully saturated rings. The minimum absolute atomic E-state index is 0.142. The van der Waals surface area contributed by atoms with Gasteiger partial charge in [0, 0.05) is 5.69 Å². The predicted octanol–water partition coefficient (Wildman–Crippen LogP) is 4.52. The lowest BCUT2D eigenvalue weighted by Gasteiger charge is -2.18. The van der Waals surface area contributed by atoms with E-state index in [1.165, 1.54) is 0 Å². The first kappa shape index (κ1) is 16.1. The van der Waals surface area contributed by atoms with Crippen LogP contribution in [0.25, 0.3) is 0 Å². The fourth-order valence-electron chi connectivity index (χ4n) is 2.28. The van der Waals surface area contributed by atoms with Crippen LogP contribution in [0.2, 0.25) is 0 Å². The second-order valence-corrected chi connectivity index (χ2v) is 5.76. The number of hydrogen-bond donors (Lipinski definition) is 1. The van der Waals surface area contributed by atoms with E-state index in [9.17, 15) is 4.79 Å². The molecule has 2 aromatic carbocycles. The molecule has 0 saturated heterocycles. The molecule has 0 aliphatic rings. The molecule has 2 aromatic rings. The van der Waals surface area contributed by atoms with Gasteiger partial charge in [-0.25, -0.2) is 0 Å². The second kappa shape index (κ2) is 7.12. The molecule has 2 rings (SSSR count). The predicted molar refractivity (Wildman–Crippen MR) is 90.4 cm³/mol. The van der Waals surface area contributed by atoms with Gasteiger partial charge in [-0.2, -0.15) is 0 Å². The number of carbonyl (C=O) groups is 1. The number of ether oxygens (including phenoxy) is 1. The standard InChI is InChI=1S/C19H23NO2/c1-13(2)16-10-6-7-11-17(16)20-19(21)15(4)22-18-12-8-5-9-14(18)3/h5-13,15H,1-4H3,(H,20,21)/t15-/m1/s1. The van der Waals surface area contributed by atoms with Crippen LogP contribution in [-0.4, -0.2) is 12.0 Å². The summed E-state index contributed by atoms with van der Waals surface area (Å²) in [6, 6.07) is 15.6. The normalized spacial score (nSPS) is 12.0. The molecule has 0 radical (unpaired) electrons. The quantitative estimate of drug-likeness (QED) is 0.881. The Bertz CT molecular complexity index is 649. The lowest BCUT2D eigenvalue weighted by molar-refractivity contribution is -0.122. The van der Waals surface area contributed by atoms with Gasteiger partial charge in [-0.1, -0.05) is 50.2 Å². The fourth-order valence-corrected chi connectivity index (χ4v) is 2.28. The van der Waals surface area contributed by atoms with Crippen molar-refractivity contribution in [2.45, 2.75) is 39.7 Å². The van der Waals surface area contributed by atoms with E-state index >= 15 is 0 Å². The van der Waals surface area contributed by atoms with E-state index in [1.807, 2.05) is 55.5 Å². The minimum Gasteiger partial charge on any atom is -0.481 e. The van der Waals surface area contributed by atoms with Crippen LogP contribution >= 0.6 is 0 Å². The van der Waals surface area contributed by atoms with E-state index in [-0.39, 0.29) is 5.91 Å². The molecule has 0 aliphatic heterocycles. The Labute approximate surface area is 132 Å². The topological polar surface area (TPSA) is 38.3 Å². The van der Waals surface area contributed by atoms with Crippen molar-refractivity contribution in [3.8, 4) is 5.75 Å². The van der Waals surface area contributed by atoms with Crippen LogP contribution in [0.3, 0.4) is 0 Å². The molecular formula is C19H23NO2. The van der Waals surface area contributed by atoms with E-state index in [2.05, 4.69) is 19.2 Å². The summed E-state index contributed by atoms with van der Waals surface area (Å²) in [6.45, 7) is 7.95. The van der Waals surface area contributed by atoms with Gasteiger partial charge >= 0.3 is 0 Å². The summed E-state index contributed by atoms with van der Waals surface area (Å²) >= 11 is 0. The summed E-state index contributed by atoms with van der Waals surface area (Å²) in [5.41, 5.74) is 2.99. The van der Waals surface area contributed by atoms with Crippen LogP contribution in [0.4, 0.5) is 5.69 Å². The lowest BCUT2D eigenvalue weighted by atomic mass is 10.0. The molecule has 0 bridgehead atoms. The molecule has 0 spiro atoms. The number of benzene rings is 2. The van der Waals surface area contributed by atoms with Crippen molar-refractivity contribution < 1.29 is 9.53 Å². The fraction of sp³-hybridized carbons (Fsp3) is 0.316. The zero-order valence-electron chi connectivity index (χ0n) is 13.6. The molecule has 3 heteroatoms. The highest BCUT2D eigenvalue weighted by Gasteiger charge is 2.17. The molecule has 22 heavy (non-hydrogen) atoms. The van der Waals surface area contributed by atoms with Gasteiger partial charge in [-0.3, -0.25) is 4.79 Å². The molecule has 0 aromatic heterocycles. The monoisotopic (exact) mass is 297 g/mol. The third kappa shape index (κ3) is 3.88. The van der Waals surface area contributed by atoms with Crippen molar-refractivity contribution in [1.82, 2.24) is 0 Å². The van der Waals surface area contributed by atoms with Crippen molar-refractivity contribution in [2.75, 3.05) is 5.32 Å². The van der Waals surface area contributed by atoms with Gasteiger partial charge in [-0.05, 0) is 43.0 Å². The van der Waals surface area contributed by atoms with Crippen LogP contribution in [0, 0.1) is 6.92 Å². The number of carbonyl (C=O) groups excluding carboxylic acids is 1. The average Bonchev–Trinajstić information content (AvgIpc) is 2.49. The Morgan fingerprint density at radius 1 is 1.00 bits per heavy atom. The molecule has 1 amide bonds. The van der Waals surface area contributed by atoms with Crippen LogP contribution in [0.15, 0.2) is 48.5 Å². The van der Waals surface area contributed by atoms with Gasteiger partial charge in [0.15, 0.2) is 6.10 Å². The van der Waals surface area contributed by atoms with Gasteiger partial charge in [0.2, 0.25) is 0 Å². The summed E-state index contributed by atoms with van der Waals surface area (Å²) in [5, 5.41) is 2.97. The van der Waals surface area contributed by atoms with E-state index in [4.69, 9.17) is 4.74 Å². The zero-order chi connectivity index (χ0) is 16.1. The Morgan fingerprint density at radius 3 is 2.32 bits per heavy atom. The third-order valence-corrected chi connectivity index (χ3v) is 3.61. The molecule has 0 saturated carbocycles. The van der Waals surface area contributed by atoms with Crippen molar-refractivity contribution >= 4 is 11.6 Å². The molecule has 116 valence electrons. The Hall–Kier alpha value is -2.29. The van der Waals surface area contributed by atoms with E-state index in [1.54, 1.807) is 6.92 Å². The molecule has 3 nitrogen and oxygen atoms in total. The number of hydrogen-bond acceptors (Lipinski definition) is 2. The summed E-state index contributed by atoms with van der Waals surface area (Å²) in [6.07, 6.45) is -0.554. The molecule has 0 heterocycles. The molecular weight excluding hydrogens is 274 g/mol. The van der Waals surface area contributed by atoms with E-state index in [0.29, 0.717) is 5.92 Å². The average molecular weight is 297 g/mol. The molecule has 0 aliphatic carbocycles. The van der Waals surface area contributed by atoms with E-state index < -0.39 is 6.10 Å².